The van der Waals surface area contributed by atoms with Crippen LogP contribution in [0, 0.1) is 5.82 Å². The van der Waals surface area contributed by atoms with Gasteiger partial charge in [-0.05, 0) is 37.6 Å². The van der Waals surface area contributed by atoms with Gasteiger partial charge in [0.15, 0.2) is 0 Å². The number of hydrogen-bond donors (Lipinski definition) is 3. The lowest BCUT2D eigenvalue weighted by atomic mass is 10.0. The Labute approximate surface area is 110 Å². The third-order valence-corrected chi connectivity index (χ3v) is 3.13. The van der Waals surface area contributed by atoms with Crippen molar-refractivity contribution >= 4 is 17.5 Å². The van der Waals surface area contributed by atoms with Gasteiger partial charge in [0.05, 0.1) is 11.6 Å². The highest BCUT2D eigenvalue weighted by Gasteiger charge is 2.20. The average molecular weight is 265 g/mol. The van der Waals surface area contributed by atoms with Crippen LogP contribution in [-0.2, 0) is 4.79 Å². The van der Waals surface area contributed by atoms with E-state index in [1.165, 1.54) is 12.1 Å². The van der Waals surface area contributed by atoms with Crippen molar-refractivity contribution in [2.75, 3.05) is 11.9 Å². The number of carbonyl (C=O) groups excluding carboxylic acids is 2. The van der Waals surface area contributed by atoms with Gasteiger partial charge in [0.25, 0.3) is 5.91 Å². The van der Waals surface area contributed by atoms with Gasteiger partial charge in [0, 0.05) is 5.69 Å². The van der Waals surface area contributed by atoms with E-state index in [4.69, 9.17) is 5.73 Å². The molecular formula is C13H16FN3O2. The normalized spacial score (nSPS) is 18.9. The van der Waals surface area contributed by atoms with Gasteiger partial charge in [-0.2, -0.15) is 0 Å². The Kier molecular flexibility index (Phi) is 4.11. The number of anilines is 1. The molecule has 0 aromatic heterocycles. The molecule has 5 nitrogen and oxygen atoms in total. The second-order valence-electron chi connectivity index (χ2n) is 4.55. The Morgan fingerprint density at radius 3 is 2.79 bits per heavy atom. The Hall–Kier alpha value is -1.95. The Morgan fingerprint density at radius 2 is 2.16 bits per heavy atom. The molecule has 0 saturated carbocycles. The topological polar surface area (TPSA) is 84.2 Å². The zero-order valence-electron chi connectivity index (χ0n) is 10.4. The summed E-state index contributed by atoms with van der Waals surface area (Å²) in [5.41, 5.74) is 5.19. The second kappa shape index (κ2) is 5.79. The van der Waals surface area contributed by atoms with Crippen LogP contribution in [0.2, 0.25) is 0 Å². The van der Waals surface area contributed by atoms with E-state index in [-0.39, 0.29) is 17.5 Å². The summed E-state index contributed by atoms with van der Waals surface area (Å²) in [6.07, 6.45) is 2.84. The number of benzene rings is 1. The summed E-state index contributed by atoms with van der Waals surface area (Å²) >= 11 is 0. The number of nitrogens with one attached hydrogen (secondary N) is 2. The highest BCUT2D eigenvalue weighted by Crippen LogP contribution is 2.16. The summed E-state index contributed by atoms with van der Waals surface area (Å²) in [6, 6.07) is 3.53. The van der Waals surface area contributed by atoms with Gasteiger partial charge < -0.3 is 16.4 Å². The summed E-state index contributed by atoms with van der Waals surface area (Å²) in [6.45, 7) is 0.814. The number of amides is 2. The van der Waals surface area contributed by atoms with Crippen molar-refractivity contribution in [1.82, 2.24) is 5.32 Å². The highest BCUT2D eigenvalue weighted by atomic mass is 19.1. The largest absolute Gasteiger partial charge is 0.366 e. The molecule has 2 amide bonds. The molecule has 1 aromatic carbocycles. The van der Waals surface area contributed by atoms with Crippen LogP contribution in [0.4, 0.5) is 10.1 Å². The van der Waals surface area contributed by atoms with Crippen molar-refractivity contribution in [3.05, 3.63) is 29.6 Å². The molecule has 6 heteroatoms. The number of nitrogens with two attached hydrogens (primary N) is 1. The molecule has 19 heavy (non-hydrogen) atoms. The number of primary amides is 1. The fourth-order valence-electron chi connectivity index (χ4n) is 2.10. The zero-order chi connectivity index (χ0) is 13.8. The molecular weight excluding hydrogens is 249 g/mol. The van der Waals surface area contributed by atoms with Gasteiger partial charge in [-0.25, -0.2) is 4.39 Å². The number of carbonyl (C=O) groups is 2. The minimum atomic E-state index is -0.857. The van der Waals surface area contributed by atoms with E-state index in [1.807, 2.05) is 0 Å². The van der Waals surface area contributed by atoms with Crippen molar-refractivity contribution < 1.29 is 14.0 Å². The smallest absolute Gasteiger partial charge is 0.251 e. The highest BCUT2D eigenvalue weighted by molar-refractivity contribution is 5.98. The maximum atomic E-state index is 13.3. The first-order chi connectivity index (χ1) is 9.08. The molecule has 1 atom stereocenters. The van der Waals surface area contributed by atoms with Crippen LogP contribution >= 0.6 is 0 Å². The number of halogens is 1. The SMILES string of the molecule is NC(=O)c1cc(NC(=O)[C@H]2CCCCN2)ccc1F. The van der Waals surface area contributed by atoms with Crippen molar-refractivity contribution in [2.24, 2.45) is 5.73 Å². The summed E-state index contributed by atoms with van der Waals surface area (Å²) < 4.78 is 13.3. The minimum absolute atomic E-state index is 0.179. The fraction of sp³-hybridized carbons (Fsp3) is 0.385. The van der Waals surface area contributed by atoms with Gasteiger partial charge >= 0.3 is 0 Å². The first kappa shape index (κ1) is 13.5. The molecule has 0 unspecified atom stereocenters. The molecule has 1 aliphatic heterocycles. The molecule has 102 valence electrons. The van der Waals surface area contributed by atoms with Crippen molar-refractivity contribution in [3.8, 4) is 0 Å². The van der Waals surface area contributed by atoms with E-state index < -0.39 is 11.7 Å². The van der Waals surface area contributed by atoms with Gasteiger partial charge in [-0.1, -0.05) is 6.42 Å². The van der Waals surface area contributed by atoms with Crippen molar-refractivity contribution in [3.63, 3.8) is 0 Å². The maximum Gasteiger partial charge on any atom is 0.251 e. The Bertz CT molecular complexity index is 499. The predicted octanol–water partition coefficient (Wildman–Crippen LogP) is 1.01. The quantitative estimate of drug-likeness (QED) is 0.762. The molecule has 1 aromatic rings. The molecule has 4 N–H and O–H groups in total. The van der Waals surface area contributed by atoms with E-state index in [2.05, 4.69) is 10.6 Å². The Morgan fingerprint density at radius 1 is 1.37 bits per heavy atom. The van der Waals surface area contributed by atoms with Crippen molar-refractivity contribution in [2.45, 2.75) is 25.3 Å². The minimum Gasteiger partial charge on any atom is -0.366 e. The van der Waals surface area contributed by atoms with Gasteiger partial charge in [-0.3, -0.25) is 9.59 Å². The molecule has 2 rings (SSSR count). The van der Waals surface area contributed by atoms with Gasteiger partial charge in [-0.15, -0.1) is 0 Å². The van der Waals surface area contributed by atoms with E-state index in [0.29, 0.717) is 5.69 Å². The summed E-state index contributed by atoms with van der Waals surface area (Å²) in [5.74, 6) is -1.73. The molecule has 0 bridgehead atoms. The van der Waals surface area contributed by atoms with E-state index in [1.54, 1.807) is 0 Å². The fourth-order valence-corrected chi connectivity index (χ4v) is 2.10. The second-order valence-corrected chi connectivity index (χ2v) is 4.55. The van der Waals surface area contributed by atoms with Crippen LogP contribution in [0.15, 0.2) is 18.2 Å². The number of piperidine rings is 1. The first-order valence-corrected chi connectivity index (χ1v) is 6.21. The van der Waals surface area contributed by atoms with E-state index >= 15 is 0 Å². The predicted molar refractivity (Wildman–Crippen MR) is 69.2 cm³/mol. The van der Waals surface area contributed by atoms with Crippen LogP contribution in [0.5, 0.6) is 0 Å². The van der Waals surface area contributed by atoms with Crippen molar-refractivity contribution in [1.29, 1.82) is 0 Å². The monoisotopic (exact) mass is 265 g/mol. The molecule has 1 aliphatic rings. The van der Waals surface area contributed by atoms with Gasteiger partial charge in [0.1, 0.15) is 5.82 Å². The average Bonchev–Trinajstić information content (AvgIpc) is 2.41. The summed E-state index contributed by atoms with van der Waals surface area (Å²) in [7, 11) is 0. The lowest BCUT2D eigenvalue weighted by Gasteiger charge is -2.22. The summed E-state index contributed by atoms with van der Waals surface area (Å²) in [4.78, 5) is 23.0. The third-order valence-electron chi connectivity index (χ3n) is 3.13. The van der Waals surface area contributed by atoms with Crippen LogP contribution in [0.3, 0.4) is 0 Å². The lowest BCUT2D eigenvalue weighted by Crippen LogP contribution is -2.43. The molecule has 1 heterocycles. The summed E-state index contributed by atoms with van der Waals surface area (Å²) in [5, 5.41) is 5.77. The van der Waals surface area contributed by atoms with Crippen LogP contribution in [0.1, 0.15) is 29.6 Å². The standard InChI is InChI=1S/C13H16FN3O2/c14-10-5-4-8(7-9(10)12(15)18)17-13(19)11-3-1-2-6-16-11/h4-5,7,11,16H,1-3,6H2,(H2,15,18)(H,17,19)/t11-/m1/s1. The molecule has 0 spiro atoms. The third kappa shape index (κ3) is 3.29. The van der Waals surface area contributed by atoms with Crippen LogP contribution < -0.4 is 16.4 Å². The molecule has 0 aliphatic carbocycles. The Balaban J connectivity index is 2.08. The molecule has 1 fully saturated rings. The zero-order valence-corrected chi connectivity index (χ0v) is 10.4. The molecule has 0 radical (unpaired) electrons. The number of hydrogen-bond acceptors (Lipinski definition) is 3. The molecule has 1 saturated heterocycles. The van der Waals surface area contributed by atoms with Crippen LogP contribution in [-0.4, -0.2) is 24.4 Å². The maximum absolute atomic E-state index is 13.3. The van der Waals surface area contributed by atoms with E-state index in [9.17, 15) is 14.0 Å². The van der Waals surface area contributed by atoms with Gasteiger partial charge in [0.2, 0.25) is 5.91 Å². The first-order valence-electron chi connectivity index (χ1n) is 6.21. The lowest BCUT2D eigenvalue weighted by molar-refractivity contribution is -0.118. The number of rotatable bonds is 3. The van der Waals surface area contributed by atoms with Crippen LogP contribution in [0.25, 0.3) is 0 Å². The van der Waals surface area contributed by atoms with E-state index in [0.717, 1.165) is 31.9 Å².